The molecule has 186 valence electrons. The van der Waals surface area contributed by atoms with E-state index >= 15 is 0 Å². The number of methoxy groups -OCH3 is 1. The normalized spacial score (nSPS) is 11.3. The maximum Gasteiger partial charge on any atom is 0.417 e. The van der Waals surface area contributed by atoms with Gasteiger partial charge in [0.2, 0.25) is 0 Å². The van der Waals surface area contributed by atoms with Crippen LogP contribution in [0, 0.1) is 13.8 Å². The number of nitrogens with zero attached hydrogens (tertiary/aromatic N) is 1. The molecule has 0 heterocycles. The second-order valence-corrected chi connectivity index (χ2v) is 8.33. The second kappa shape index (κ2) is 11.2. The number of halogens is 8. The molecule has 0 bridgehead atoms. The Kier molecular flexibility index (Phi) is 9.70. The number of carbonyl (C=O) groups is 2. The highest BCUT2D eigenvalue weighted by Crippen LogP contribution is 2.37. The summed E-state index contributed by atoms with van der Waals surface area (Å²) in [4.78, 5) is 26.0. The van der Waals surface area contributed by atoms with E-state index in [0.717, 1.165) is 13.2 Å². The van der Waals surface area contributed by atoms with Crippen molar-refractivity contribution in [3.05, 3.63) is 66.6 Å². The lowest BCUT2D eigenvalue weighted by Gasteiger charge is -2.12. The molecule has 0 aliphatic carbocycles. The van der Waals surface area contributed by atoms with E-state index in [4.69, 9.17) is 11.5 Å². The Balaban J connectivity index is 0.000000342. The molecule has 0 saturated carbocycles. The Bertz CT molecular complexity index is 1130. The minimum Gasteiger partial charge on any atom is -0.465 e. The molecule has 2 rings (SSSR count). The molecule has 14 heteroatoms. The second-order valence-electron chi connectivity index (χ2n) is 6.62. The van der Waals surface area contributed by atoms with E-state index in [9.17, 15) is 35.9 Å². The maximum absolute atomic E-state index is 12.7. The molecular weight excluding hydrogens is 604 g/mol. The number of alkyl halides is 6. The van der Waals surface area contributed by atoms with E-state index in [0.29, 0.717) is 17.2 Å². The number of carbonyl (C=O) groups excluding carboxylic acids is 2. The Hall–Kier alpha value is -2.61. The van der Waals surface area contributed by atoms with Crippen molar-refractivity contribution in [3.63, 3.8) is 0 Å². The molecular formula is C20H17Br2F6N3O3. The molecule has 1 amide bonds. The zero-order valence-electron chi connectivity index (χ0n) is 17.7. The standard InChI is InChI=1S/C10H9BrF3N3O.C10H8BrF3O2/c1-4-2-7(11)6(10(12,13)14)3-5(4)8(18)17-9(15)16;1-5-3-8(11)7(10(12,13)14)4-6(5)9(15)16-2/h2-3H,1H3,(H4,15,16,17,18);3-4H,1-2H3. The first kappa shape index (κ1) is 29.4. The molecule has 0 aliphatic rings. The summed E-state index contributed by atoms with van der Waals surface area (Å²) in [5, 5.41) is 0. The van der Waals surface area contributed by atoms with Crippen LogP contribution >= 0.6 is 31.9 Å². The van der Waals surface area contributed by atoms with Gasteiger partial charge in [-0.2, -0.15) is 31.3 Å². The number of amides is 1. The molecule has 0 aromatic heterocycles. The summed E-state index contributed by atoms with van der Waals surface area (Å²) in [7, 11) is 1.12. The van der Waals surface area contributed by atoms with Gasteiger partial charge < -0.3 is 16.2 Å². The van der Waals surface area contributed by atoms with Gasteiger partial charge in [-0.05, 0) is 49.2 Å². The van der Waals surface area contributed by atoms with Crippen molar-refractivity contribution in [1.29, 1.82) is 0 Å². The molecule has 0 unspecified atom stereocenters. The van der Waals surface area contributed by atoms with Gasteiger partial charge in [0.1, 0.15) is 0 Å². The summed E-state index contributed by atoms with van der Waals surface area (Å²) in [6.07, 6.45) is -9.07. The van der Waals surface area contributed by atoms with Gasteiger partial charge in [0.05, 0.1) is 23.8 Å². The Labute approximate surface area is 206 Å². The van der Waals surface area contributed by atoms with Crippen LogP contribution in [0.4, 0.5) is 26.3 Å². The van der Waals surface area contributed by atoms with Gasteiger partial charge in [-0.3, -0.25) is 4.79 Å². The van der Waals surface area contributed by atoms with E-state index in [2.05, 4.69) is 41.6 Å². The van der Waals surface area contributed by atoms with Crippen molar-refractivity contribution >= 4 is 49.7 Å². The first-order valence-electron chi connectivity index (χ1n) is 8.87. The minimum absolute atomic E-state index is 0.0852. The monoisotopic (exact) mass is 619 g/mol. The van der Waals surface area contributed by atoms with Gasteiger partial charge in [0, 0.05) is 14.5 Å². The Morgan fingerprint density at radius 1 is 0.824 bits per heavy atom. The molecule has 0 saturated heterocycles. The van der Waals surface area contributed by atoms with Crippen molar-refractivity contribution in [2.45, 2.75) is 26.2 Å². The number of aryl methyl sites for hydroxylation is 2. The molecule has 0 fully saturated rings. The van der Waals surface area contributed by atoms with Gasteiger partial charge in [0.25, 0.3) is 5.91 Å². The van der Waals surface area contributed by atoms with Crippen LogP contribution in [-0.2, 0) is 17.1 Å². The van der Waals surface area contributed by atoms with Gasteiger partial charge in [-0.15, -0.1) is 0 Å². The lowest BCUT2D eigenvalue weighted by molar-refractivity contribution is -0.139. The molecule has 0 spiro atoms. The number of aliphatic imine (C=N–C) groups is 1. The highest BCUT2D eigenvalue weighted by atomic mass is 79.9. The summed E-state index contributed by atoms with van der Waals surface area (Å²) in [6.45, 7) is 3.03. The van der Waals surface area contributed by atoms with Crippen LogP contribution in [0.2, 0.25) is 0 Å². The van der Waals surface area contributed by atoms with Crippen molar-refractivity contribution in [2.24, 2.45) is 16.5 Å². The van der Waals surface area contributed by atoms with Crippen LogP contribution in [0.25, 0.3) is 0 Å². The molecule has 0 radical (unpaired) electrons. The zero-order valence-corrected chi connectivity index (χ0v) is 20.8. The third kappa shape index (κ3) is 7.72. The predicted octanol–water partition coefficient (Wildman–Crippen LogP) is 5.75. The van der Waals surface area contributed by atoms with Crippen LogP contribution in [-0.4, -0.2) is 24.9 Å². The van der Waals surface area contributed by atoms with Gasteiger partial charge in [-0.1, -0.05) is 31.9 Å². The molecule has 4 N–H and O–H groups in total. The van der Waals surface area contributed by atoms with E-state index in [-0.39, 0.29) is 20.1 Å². The number of guanidine groups is 1. The third-order valence-corrected chi connectivity index (χ3v) is 5.42. The highest BCUT2D eigenvalue weighted by Gasteiger charge is 2.35. The smallest absolute Gasteiger partial charge is 0.417 e. The number of hydrogen-bond donors (Lipinski definition) is 2. The molecule has 0 atom stereocenters. The maximum atomic E-state index is 12.7. The molecule has 6 nitrogen and oxygen atoms in total. The quantitative estimate of drug-likeness (QED) is 0.192. The number of nitrogens with two attached hydrogens (primary N) is 2. The van der Waals surface area contributed by atoms with E-state index in [1.165, 1.54) is 26.0 Å². The lowest BCUT2D eigenvalue weighted by atomic mass is 10.0. The fourth-order valence-corrected chi connectivity index (χ4v) is 3.88. The van der Waals surface area contributed by atoms with E-state index in [1.807, 2.05) is 0 Å². The number of rotatable bonds is 2. The third-order valence-electron chi connectivity index (χ3n) is 4.11. The number of benzene rings is 2. The van der Waals surface area contributed by atoms with Gasteiger partial charge >= 0.3 is 18.3 Å². The number of ether oxygens (including phenoxy) is 1. The fraction of sp³-hybridized carbons (Fsp3) is 0.250. The van der Waals surface area contributed by atoms with E-state index < -0.39 is 41.3 Å². The predicted molar refractivity (Wildman–Crippen MR) is 119 cm³/mol. The first-order valence-corrected chi connectivity index (χ1v) is 10.5. The summed E-state index contributed by atoms with van der Waals surface area (Å²) in [6, 6.07) is 3.94. The molecule has 34 heavy (non-hydrogen) atoms. The minimum atomic E-state index is -4.57. The number of esters is 1. The van der Waals surface area contributed by atoms with Gasteiger partial charge in [-0.25, -0.2) is 4.79 Å². The number of hydrogen-bond acceptors (Lipinski definition) is 3. The molecule has 2 aromatic rings. The van der Waals surface area contributed by atoms with Gasteiger partial charge in [0.15, 0.2) is 5.96 Å². The Morgan fingerprint density at radius 3 is 1.56 bits per heavy atom. The zero-order chi connectivity index (χ0) is 26.6. The molecule has 0 aliphatic heterocycles. The average molecular weight is 621 g/mol. The topological polar surface area (TPSA) is 108 Å². The highest BCUT2D eigenvalue weighted by molar-refractivity contribution is 9.10. The lowest BCUT2D eigenvalue weighted by Crippen LogP contribution is -2.24. The van der Waals surface area contributed by atoms with Crippen molar-refractivity contribution in [1.82, 2.24) is 0 Å². The summed E-state index contributed by atoms with van der Waals surface area (Å²) in [5.41, 5.74) is 8.65. The van der Waals surface area contributed by atoms with Crippen LogP contribution in [0.3, 0.4) is 0 Å². The summed E-state index contributed by atoms with van der Waals surface area (Å²) < 4.78 is 79.8. The van der Waals surface area contributed by atoms with Crippen molar-refractivity contribution in [2.75, 3.05) is 7.11 Å². The van der Waals surface area contributed by atoms with E-state index in [1.54, 1.807) is 0 Å². The van der Waals surface area contributed by atoms with Crippen LogP contribution in [0.5, 0.6) is 0 Å². The summed E-state index contributed by atoms with van der Waals surface area (Å²) in [5.74, 6) is -2.20. The van der Waals surface area contributed by atoms with Crippen LogP contribution in [0.1, 0.15) is 43.0 Å². The molecule has 2 aromatic carbocycles. The van der Waals surface area contributed by atoms with Crippen LogP contribution < -0.4 is 11.5 Å². The first-order chi connectivity index (χ1) is 15.4. The van der Waals surface area contributed by atoms with Crippen LogP contribution in [0.15, 0.2) is 38.2 Å². The van der Waals surface area contributed by atoms with Crippen molar-refractivity contribution in [3.8, 4) is 0 Å². The fourth-order valence-electron chi connectivity index (χ4n) is 2.52. The average Bonchev–Trinajstić information content (AvgIpc) is 2.65. The van der Waals surface area contributed by atoms with Crippen molar-refractivity contribution < 1.29 is 40.7 Å². The SMILES string of the molecule is COC(=O)c1cc(C(F)(F)F)c(Br)cc1C.Cc1cc(Br)c(C(F)(F)F)cc1C(=O)N=C(N)N. The Morgan fingerprint density at radius 2 is 1.21 bits per heavy atom. The largest absolute Gasteiger partial charge is 0.465 e. The summed E-state index contributed by atoms with van der Waals surface area (Å²) >= 11 is 5.62.